The van der Waals surface area contributed by atoms with Crippen LogP contribution in [0.5, 0.6) is 0 Å². The van der Waals surface area contributed by atoms with E-state index in [1.807, 2.05) is 38.1 Å². The summed E-state index contributed by atoms with van der Waals surface area (Å²) >= 11 is 1.58. The number of benzene rings is 1. The van der Waals surface area contributed by atoms with Gasteiger partial charge in [0.25, 0.3) is 0 Å². The van der Waals surface area contributed by atoms with E-state index in [4.69, 9.17) is 4.98 Å². The maximum Gasteiger partial charge on any atom is 0.242 e. The Morgan fingerprint density at radius 2 is 1.87 bits per heavy atom. The van der Waals surface area contributed by atoms with Gasteiger partial charge in [0.15, 0.2) is 5.13 Å². The van der Waals surface area contributed by atoms with Gasteiger partial charge in [-0.2, -0.15) is 0 Å². The lowest BCUT2D eigenvalue weighted by atomic mass is 10.2. The van der Waals surface area contributed by atoms with E-state index in [9.17, 15) is 4.79 Å². The van der Waals surface area contributed by atoms with Gasteiger partial charge in [-0.1, -0.05) is 37.3 Å². The summed E-state index contributed by atoms with van der Waals surface area (Å²) in [6, 6.07) is 10.1. The molecule has 0 bridgehead atoms. The van der Waals surface area contributed by atoms with Crippen LogP contribution in [-0.2, 0) is 4.79 Å². The Labute approximate surface area is 187 Å². The van der Waals surface area contributed by atoms with Crippen LogP contribution in [0.4, 0.5) is 10.9 Å². The number of carbonyl (C=O) groups excluding carboxylic acids is 1. The molecule has 164 valence electrons. The number of amides is 1. The lowest BCUT2D eigenvalue weighted by Crippen LogP contribution is -2.50. The topological polar surface area (TPSA) is 65.5 Å². The van der Waals surface area contributed by atoms with Crippen LogP contribution in [0, 0.1) is 6.92 Å². The van der Waals surface area contributed by atoms with Crippen molar-refractivity contribution >= 4 is 38.4 Å². The summed E-state index contributed by atoms with van der Waals surface area (Å²) < 4.78 is 1.11. The van der Waals surface area contributed by atoms with E-state index >= 15 is 0 Å². The first-order valence-corrected chi connectivity index (χ1v) is 11.7. The number of aryl methyl sites for hydroxylation is 1. The van der Waals surface area contributed by atoms with Gasteiger partial charge in [-0.15, -0.1) is 0 Å². The zero-order chi connectivity index (χ0) is 22.0. The van der Waals surface area contributed by atoms with Crippen LogP contribution in [0.25, 0.3) is 10.2 Å². The number of fused-ring (bicyclic) bond motifs is 1. The molecule has 3 heterocycles. The molecular weight excluding hydrogens is 408 g/mol. The fourth-order valence-electron chi connectivity index (χ4n) is 3.80. The number of likely N-dealkylation sites (N-methyl/N-ethyl adjacent to an activating group) is 1. The highest BCUT2D eigenvalue weighted by Gasteiger charge is 2.24. The number of thiazole rings is 1. The minimum Gasteiger partial charge on any atom is -0.354 e. The average Bonchev–Trinajstić information content (AvgIpc) is 3.18. The van der Waals surface area contributed by atoms with Crippen LogP contribution >= 0.6 is 11.3 Å². The number of hydrogen-bond donors (Lipinski definition) is 0. The molecule has 0 N–H and O–H groups in total. The third-order valence-electron chi connectivity index (χ3n) is 5.56. The molecule has 0 spiro atoms. The number of carbonyl (C=O) groups is 1. The Hall–Kier alpha value is -2.58. The number of aromatic nitrogens is 3. The Morgan fingerprint density at radius 1 is 1.13 bits per heavy atom. The van der Waals surface area contributed by atoms with Gasteiger partial charge in [0, 0.05) is 50.4 Å². The molecule has 1 fully saturated rings. The molecule has 0 saturated carbocycles. The van der Waals surface area contributed by atoms with Crippen molar-refractivity contribution in [3.8, 4) is 0 Å². The lowest BCUT2D eigenvalue weighted by Gasteiger charge is -2.36. The molecule has 1 saturated heterocycles. The first kappa shape index (κ1) is 21.6. The molecule has 1 aliphatic heterocycles. The summed E-state index contributed by atoms with van der Waals surface area (Å²) in [5.41, 5.74) is 1.95. The van der Waals surface area contributed by atoms with Crippen molar-refractivity contribution in [3.63, 3.8) is 0 Å². The van der Waals surface area contributed by atoms with Crippen LogP contribution in [0.3, 0.4) is 0 Å². The summed E-state index contributed by atoms with van der Waals surface area (Å²) in [6.07, 6.45) is 0. The molecule has 0 unspecified atom stereocenters. The summed E-state index contributed by atoms with van der Waals surface area (Å²) in [5, 5.41) is 0.782. The predicted octanol–water partition coefficient (Wildman–Crippen LogP) is 3.69. The molecule has 7 nitrogen and oxygen atoms in total. The Kier molecular flexibility index (Phi) is 6.48. The summed E-state index contributed by atoms with van der Waals surface area (Å²) in [7, 11) is 0. The third-order valence-corrected chi connectivity index (χ3v) is 6.62. The second-order valence-corrected chi connectivity index (χ2v) is 9.25. The summed E-state index contributed by atoms with van der Waals surface area (Å²) in [4.78, 5) is 33.4. The van der Waals surface area contributed by atoms with Gasteiger partial charge in [0.2, 0.25) is 5.91 Å². The van der Waals surface area contributed by atoms with Gasteiger partial charge in [0.05, 0.1) is 16.8 Å². The van der Waals surface area contributed by atoms with Gasteiger partial charge in [-0.05, 0) is 26.0 Å². The van der Waals surface area contributed by atoms with E-state index in [1.54, 1.807) is 16.2 Å². The average molecular weight is 439 g/mol. The summed E-state index contributed by atoms with van der Waals surface area (Å²) in [5.74, 6) is 2.30. The molecule has 0 atom stereocenters. The van der Waals surface area contributed by atoms with E-state index in [-0.39, 0.29) is 5.91 Å². The number of hydrogen-bond acceptors (Lipinski definition) is 7. The van der Waals surface area contributed by atoms with E-state index in [0.717, 1.165) is 58.9 Å². The number of nitrogens with zero attached hydrogens (tertiary/aromatic N) is 6. The highest BCUT2D eigenvalue weighted by molar-refractivity contribution is 7.22. The van der Waals surface area contributed by atoms with Crippen molar-refractivity contribution in [2.24, 2.45) is 0 Å². The first-order valence-electron chi connectivity index (χ1n) is 10.9. The van der Waals surface area contributed by atoms with Gasteiger partial charge in [0.1, 0.15) is 11.6 Å². The second-order valence-electron chi connectivity index (χ2n) is 8.25. The van der Waals surface area contributed by atoms with Crippen molar-refractivity contribution in [1.82, 2.24) is 19.9 Å². The molecule has 31 heavy (non-hydrogen) atoms. The van der Waals surface area contributed by atoms with Crippen LogP contribution < -0.4 is 9.80 Å². The fourth-order valence-corrected chi connectivity index (χ4v) is 4.85. The maximum absolute atomic E-state index is 13.1. The third kappa shape index (κ3) is 4.85. The van der Waals surface area contributed by atoms with Crippen LogP contribution in [0.2, 0.25) is 0 Å². The standard InChI is InChI=1S/C23H30N6OS/c1-5-29(23-25-18-8-6-7-9-19(18)31-23)21(30)15-27-10-12-28(13-11-27)20-14-17(4)24-22(26-20)16(2)3/h6-9,14,16H,5,10-13,15H2,1-4H3. The zero-order valence-electron chi connectivity index (χ0n) is 18.7. The Balaban J connectivity index is 1.38. The van der Waals surface area contributed by atoms with Crippen LogP contribution in [0.1, 0.15) is 38.2 Å². The second kappa shape index (κ2) is 9.28. The van der Waals surface area contributed by atoms with Crippen LogP contribution in [0.15, 0.2) is 30.3 Å². The van der Waals surface area contributed by atoms with Crippen molar-refractivity contribution in [2.45, 2.75) is 33.6 Å². The van der Waals surface area contributed by atoms with Gasteiger partial charge >= 0.3 is 0 Å². The molecule has 2 aromatic heterocycles. The van der Waals surface area contributed by atoms with Crippen molar-refractivity contribution < 1.29 is 4.79 Å². The van der Waals surface area contributed by atoms with Gasteiger partial charge in [-0.3, -0.25) is 14.6 Å². The number of para-hydroxylation sites is 1. The Bertz CT molecular complexity index is 1020. The fraction of sp³-hybridized carbons (Fsp3) is 0.478. The van der Waals surface area contributed by atoms with E-state index in [0.29, 0.717) is 19.0 Å². The Morgan fingerprint density at radius 3 is 2.55 bits per heavy atom. The number of piperazine rings is 1. The SMILES string of the molecule is CCN(C(=O)CN1CCN(c2cc(C)nc(C(C)C)n2)CC1)c1nc2ccccc2s1. The largest absolute Gasteiger partial charge is 0.354 e. The lowest BCUT2D eigenvalue weighted by molar-refractivity contribution is -0.119. The minimum absolute atomic E-state index is 0.106. The van der Waals surface area contributed by atoms with Crippen LogP contribution in [-0.4, -0.2) is 65.0 Å². The maximum atomic E-state index is 13.1. The van der Waals surface area contributed by atoms with Gasteiger partial charge in [-0.25, -0.2) is 15.0 Å². The molecule has 1 aliphatic rings. The van der Waals surface area contributed by atoms with Crippen molar-refractivity contribution in [1.29, 1.82) is 0 Å². The molecule has 4 rings (SSSR count). The number of rotatable bonds is 6. The highest BCUT2D eigenvalue weighted by Crippen LogP contribution is 2.28. The molecule has 8 heteroatoms. The molecule has 1 aromatic carbocycles. The quantitative estimate of drug-likeness (QED) is 0.585. The normalized spacial score (nSPS) is 15.1. The predicted molar refractivity (Wildman–Crippen MR) is 127 cm³/mol. The molecular formula is C23H30N6OS. The molecule has 0 aliphatic carbocycles. The van der Waals surface area contributed by atoms with Gasteiger partial charge < -0.3 is 4.90 Å². The van der Waals surface area contributed by atoms with Crippen molar-refractivity contribution in [3.05, 3.63) is 41.9 Å². The number of anilines is 2. The summed E-state index contributed by atoms with van der Waals surface area (Å²) in [6.45, 7) is 12.7. The molecule has 3 aromatic rings. The zero-order valence-corrected chi connectivity index (χ0v) is 19.5. The first-order chi connectivity index (χ1) is 14.9. The monoisotopic (exact) mass is 438 g/mol. The van der Waals surface area contributed by atoms with E-state index in [1.165, 1.54) is 0 Å². The van der Waals surface area contributed by atoms with E-state index in [2.05, 4.69) is 39.7 Å². The smallest absolute Gasteiger partial charge is 0.242 e. The van der Waals surface area contributed by atoms with E-state index < -0.39 is 0 Å². The minimum atomic E-state index is 0.106. The molecule has 1 amide bonds. The highest BCUT2D eigenvalue weighted by atomic mass is 32.1. The molecule has 0 radical (unpaired) electrons. The van der Waals surface area contributed by atoms with Crippen molar-refractivity contribution in [2.75, 3.05) is 49.1 Å².